The van der Waals surface area contributed by atoms with Crippen molar-refractivity contribution in [2.45, 2.75) is 6.92 Å². The van der Waals surface area contributed by atoms with Crippen molar-refractivity contribution in [2.75, 3.05) is 0 Å². The number of aldehydes is 1. The first kappa shape index (κ1) is 13.8. The fourth-order valence-electron chi connectivity index (χ4n) is 2.15. The third-order valence-corrected chi connectivity index (χ3v) is 3.93. The van der Waals surface area contributed by atoms with Crippen LogP contribution in [0.2, 0.25) is 0 Å². The number of pyridine rings is 1. The summed E-state index contributed by atoms with van der Waals surface area (Å²) in [5, 5.41) is 0.940. The summed E-state index contributed by atoms with van der Waals surface area (Å²) in [5.41, 5.74) is 2.39. The second kappa shape index (κ2) is 5.66. The predicted molar refractivity (Wildman–Crippen MR) is 86.1 cm³/mol. The molecule has 0 bridgehead atoms. The van der Waals surface area contributed by atoms with Crippen LogP contribution in [0.5, 0.6) is 11.5 Å². The number of benzene rings is 2. The molecule has 21 heavy (non-hydrogen) atoms. The molecule has 4 heteroatoms. The van der Waals surface area contributed by atoms with Gasteiger partial charge in [-0.05, 0) is 48.9 Å². The molecule has 3 aromatic rings. The summed E-state index contributed by atoms with van der Waals surface area (Å²) in [4.78, 5) is 15.4. The molecule has 104 valence electrons. The number of ether oxygens (including phenoxy) is 1. The van der Waals surface area contributed by atoms with Crippen molar-refractivity contribution in [3.05, 3.63) is 64.3 Å². The minimum Gasteiger partial charge on any atom is -0.456 e. The number of carbonyl (C=O) groups excluding carboxylic acids is 1. The lowest BCUT2D eigenvalue weighted by Crippen LogP contribution is -1.92. The Bertz CT molecular complexity index is 825. The molecule has 1 heterocycles. The van der Waals surface area contributed by atoms with Gasteiger partial charge < -0.3 is 4.74 Å². The summed E-state index contributed by atoms with van der Waals surface area (Å²) in [6.07, 6.45) is 2.56. The van der Waals surface area contributed by atoms with E-state index in [9.17, 15) is 4.79 Å². The van der Waals surface area contributed by atoms with Crippen molar-refractivity contribution in [3.63, 3.8) is 0 Å². The van der Waals surface area contributed by atoms with Gasteiger partial charge in [0.2, 0.25) is 0 Å². The Morgan fingerprint density at radius 2 is 2.00 bits per heavy atom. The minimum atomic E-state index is 0.564. The molecule has 0 aliphatic heterocycles. The van der Waals surface area contributed by atoms with E-state index in [1.807, 2.05) is 43.3 Å². The molecule has 0 saturated heterocycles. The first-order chi connectivity index (χ1) is 10.2. The van der Waals surface area contributed by atoms with Crippen molar-refractivity contribution in [2.24, 2.45) is 0 Å². The standard InChI is InChI=1S/C17H12BrNO2/c1-11-8-14(18)12(10-20)9-17(11)21-16-6-2-5-15-13(16)4-3-7-19-15/h2-10H,1H3. The van der Waals surface area contributed by atoms with Crippen LogP contribution in [0.25, 0.3) is 10.9 Å². The van der Waals surface area contributed by atoms with Crippen LogP contribution >= 0.6 is 15.9 Å². The van der Waals surface area contributed by atoms with Crippen molar-refractivity contribution in [1.29, 1.82) is 0 Å². The van der Waals surface area contributed by atoms with Crippen molar-refractivity contribution < 1.29 is 9.53 Å². The van der Waals surface area contributed by atoms with E-state index in [1.54, 1.807) is 12.3 Å². The third-order valence-electron chi connectivity index (χ3n) is 3.25. The van der Waals surface area contributed by atoms with Gasteiger partial charge in [-0.15, -0.1) is 0 Å². The topological polar surface area (TPSA) is 39.2 Å². The zero-order valence-electron chi connectivity index (χ0n) is 11.3. The van der Waals surface area contributed by atoms with Gasteiger partial charge in [0, 0.05) is 21.6 Å². The van der Waals surface area contributed by atoms with Crippen molar-refractivity contribution in [1.82, 2.24) is 4.98 Å². The van der Waals surface area contributed by atoms with Crippen LogP contribution in [0.4, 0.5) is 0 Å². The van der Waals surface area contributed by atoms with E-state index in [0.717, 1.165) is 33.0 Å². The van der Waals surface area contributed by atoms with Gasteiger partial charge in [-0.2, -0.15) is 0 Å². The van der Waals surface area contributed by atoms with Gasteiger partial charge in [-0.25, -0.2) is 0 Å². The smallest absolute Gasteiger partial charge is 0.151 e. The summed E-state index contributed by atoms with van der Waals surface area (Å²) in [5.74, 6) is 1.39. The molecule has 0 fully saturated rings. The monoisotopic (exact) mass is 341 g/mol. The van der Waals surface area contributed by atoms with Gasteiger partial charge in [0.05, 0.1) is 5.52 Å². The maximum atomic E-state index is 11.1. The summed E-state index contributed by atoms with van der Waals surface area (Å²) < 4.78 is 6.77. The second-order valence-corrected chi connectivity index (χ2v) is 5.54. The maximum Gasteiger partial charge on any atom is 0.151 e. The minimum absolute atomic E-state index is 0.564. The Morgan fingerprint density at radius 1 is 1.14 bits per heavy atom. The van der Waals surface area contributed by atoms with Crippen LogP contribution in [-0.4, -0.2) is 11.3 Å². The number of hydrogen-bond donors (Lipinski definition) is 0. The van der Waals surface area contributed by atoms with Crippen LogP contribution in [0.15, 0.2) is 53.1 Å². The molecule has 0 radical (unpaired) electrons. The average molecular weight is 342 g/mol. The number of nitrogens with zero attached hydrogens (tertiary/aromatic N) is 1. The highest BCUT2D eigenvalue weighted by Gasteiger charge is 2.09. The molecule has 0 atom stereocenters. The van der Waals surface area contributed by atoms with Crippen LogP contribution < -0.4 is 4.74 Å². The zero-order chi connectivity index (χ0) is 14.8. The average Bonchev–Trinajstić information content (AvgIpc) is 2.50. The Balaban J connectivity index is 2.09. The van der Waals surface area contributed by atoms with E-state index < -0.39 is 0 Å². The fraction of sp³-hybridized carbons (Fsp3) is 0.0588. The number of aromatic nitrogens is 1. The lowest BCUT2D eigenvalue weighted by molar-refractivity contribution is 0.112. The number of rotatable bonds is 3. The lowest BCUT2D eigenvalue weighted by atomic mass is 10.1. The summed E-state index contributed by atoms with van der Waals surface area (Å²) >= 11 is 3.37. The van der Waals surface area contributed by atoms with Gasteiger partial charge >= 0.3 is 0 Å². The highest BCUT2D eigenvalue weighted by Crippen LogP contribution is 2.33. The molecule has 1 aromatic heterocycles. The predicted octanol–water partition coefficient (Wildman–Crippen LogP) is 4.91. The van der Waals surface area contributed by atoms with E-state index in [0.29, 0.717) is 11.3 Å². The van der Waals surface area contributed by atoms with Crippen LogP contribution in [-0.2, 0) is 0 Å². The highest BCUT2D eigenvalue weighted by molar-refractivity contribution is 9.10. The van der Waals surface area contributed by atoms with Crippen LogP contribution in [0.3, 0.4) is 0 Å². The quantitative estimate of drug-likeness (QED) is 0.635. The van der Waals surface area contributed by atoms with E-state index in [1.165, 1.54) is 0 Å². The molecular formula is C17H12BrNO2. The van der Waals surface area contributed by atoms with Gasteiger partial charge in [-0.3, -0.25) is 9.78 Å². The molecule has 2 aromatic carbocycles. The molecule has 0 aliphatic carbocycles. The number of halogens is 1. The SMILES string of the molecule is Cc1cc(Br)c(C=O)cc1Oc1cccc2ncccc12. The molecule has 0 aliphatic rings. The summed E-state index contributed by atoms with van der Waals surface area (Å²) in [6.45, 7) is 1.94. The van der Waals surface area contributed by atoms with E-state index >= 15 is 0 Å². The number of aryl methyl sites for hydroxylation is 1. The fourth-order valence-corrected chi connectivity index (χ4v) is 2.70. The molecule has 0 unspecified atom stereocenters. The van der Waals surface area contributed by atoms with Crippen molar-refractivity contribution in [3.8, 4) is 11.5 Å². The maximum absolute atomic E-state index is 11.1. The summed E-state index contributed by atoms with van der Waals surface area (Å²) in [6, 6.07) is 13.2. The number of carbonyl (C=O) groups is 1. The Labute approximate surface area is 130 Å². The normalized spacial score (nSPS) is 10.6. The zero-order valence-corrected chi connectivity index (χ0v) is 12.9. The van der Waals surface area contributed by atoms with E-state index in [4.69, 9.17) is 4.74 Å². The van der Waals surface area contributed by atoms with Gasteiger partial charge in [-0.1, -0.05) is 22.0 Å². The second-order valence-electron chi connectivity index (χ2n) is 4.69. The van der Waals surface area contributed by atoms with E-state index in [2.05, 4.69) is 20.9 Å². The molecule has 0 spiro atoms. The van der Waals surface area contributed by atoms with Gasteiger partial charge in [0.1, 0.15) is 11.5 Å². The highest BCUT2D eigenvalue weighted by atomic mass is 79.9. The molecule has 3 nitrogen and oxygen atoms in total. The third kappa shape index (κ3) is 2.67. The molecule has 0 N–H and O–H groups in total. The van der Waals surface area contributed by atoms with Gasteiger partial charge in [0.15, 0.2) is 6.29 Å². The lowest BCUT2D eigenvalue weighted by Gasteiger charge is -2.12. The largest absolute Gasteiger partial charge is 0.456 e. The molecule has 3 rings (SSSR count). The first-order valence-electron chi connectivity index (χ1n) is 6.46. The number of fused-ring (bicyclic) bond motifs is 1. The Hall–Kier alpha value is -2.20. The number of hydrogen-bond acceptors (Lipinski definition) is 3. The molecule has 0 saturated carbocycles. The molecule has 0 amide bonds. The molecular weight excluding hydrogens is 330 g/mol. The van der Waals surface area contributed by atoms with Gasteiger partial charge in [0.25, 0.3) is 0 Å². The summed E-state index contributed by atoms with van der Waals surface area (Å²) in [7, 11) is 0. The first-order valence-corrected chi connectivity index (χ1v) is 7.25. The Kier molecular flexibility index (Phi) is 3.71. The van der Waals surface area contributed by atoms with Crippen LogP contribution in [0, 0.1) is 6.92 Å². The van der Waals surface area contributed by atoms with Crippen molar-refractivity contribution >= 4 is 33.1 Å². The van der Waals surface area contributed by atoms with Crippen LogP contribution in [0.1, 0.15) is 15.9 Å². The Morgan fingerprint density at radius 3 is 2.81 bits per heavy atom. The van der Waals surface area contributed by atoms with E-state index in [-0.39, 0.29) is 0 Å².